The van der Waals surface area contributed by atoms with Crippen LogP contribution >= 0.6 is 0 Å². The number of anilines is 2. The normalized spacial score (nSPS) is 14.9. The van der Waals surface area contributed by atoms with E-state index in [9.17, 15) is 18.0 Å². The lowest BCUT2D eigenvalue weighted by atomic mass is 9.98. The minimum atomic E-state index is -3.27. The summed E-state index contributed by atoms with van der Waals surface area (Å²) in [5.74, 6) is -0.738. The van der Waals surface area contributed by atoms with E-state index in [1.807, 2.05) is 54.6 Å². The molecule has 1 aliphatic rings. The van der Waals surface area contributed by atoms with E-state index in [4.69, 9.17) is 10.5 Å². The van der Waals surface area contributed by atoms with Crippen molar-refractivity contribution in [2.24, 2.45) is 5.73 Å². The molecule has 0 bridgehead atoms. The number of carbonyl (C=O) groups excluding carboxylic acids is 2. The summed E-state index contributed by atoms with van der Waals surface area (Å²) in [6.45, 7) is 2.25. The summed E-state index contributed by atoms with van der Waals surface area (Å²) in [5.41, 5.74) is 11.3. The van der Waals surface area contributed by atoms with Gasteiger partial charge in [0.05, 0.1) is 35.4 Å². The molecule has 0 radical (unpaired) electrons. The molecule has 9 nitrogen and oxygen atoms in total. The molecule has 1 heterocycles. The molecule has 0 spiro atoms. The van der Waals surface area contributed by atoms with Crippen molar-refractivity contribution in [3.8, 4) is 0 Å². The van der Waals surface area contributed by atoms with Gasteiger partial charge >= 0.3 is 5.97 Å². The number of hydrogen-bond donors (Lipinski definition) is 4. The van der Waals surface area contributed by atoms with Crippen molar-refractivity contribution >= 4 is 44.5 Å². The van der Waals surface area contributed by atoms with Crippen LogP contribution in [0.4, 0.5) is 11.4 Å². The molecule has 4 rings (SSSR count). The number of amides is 1. The SMILES string of the molecule is CCOC(=O)c1ccc2c(c1)NC(=O)/C2=C(\Nc1ccc(C(N)CCNS(C)(=O)=O)cc1)c1ccccc1. The Morgan fingerprint density at radius 2 is 1.74 bits per heavy atom. The van der Waals surface area contributed by atoms with Crippen LogP contribution in [0, 0.1) is 0 Å². The molecular weight excluding hydrogens is 504 g/mol. The number of benzene rings is 3. The first kappa shape index (κ1) is 27.1. The van der Waals surface area contributed by atoms with Gasteiger partial charge in [-0.3, -0.25) is 4.79 Å². The van der Waals surface area contributed by atoms with E-state index in [1.165, 1.54) is 0 Å². The summed E-state index contributed by atoms with van der Waals surface area (Å²) in [6.07, 6.45) is 1.56. The van der Waals surface area contributed by atoms with Gasteiger partial charge in [0.2, 0.25) is 10.0 Å². The molecule has 0 aromatic heterocycles. The van der Waals surface area contributed by atoms with Crippen LogP contribution < -0.4 is 21.1 Å². The van der Waals surface area contributed by atoms with Crippen LogP contribution in [-0.4, -0.2) is 39.7 Å². The molecule has 0 aliphatic carbocycles. The molecule has 198 valence electrons. The maximum absolute atomic E-state index is 13.2. The number of ether oxygens (including phenoxy) is 1. The number of hydrogen-bond acceptors (Lipinski definition) is 7. The monoisotopic (exact) mass is 534 g/mol. The summed E-state index contributed by atoms with van der Waals surface area (Å²) in [6, 6.07) is 21.6. The highest BCUT2D eigenvalue weighted by atomic mass is 32.2. The number of rotatable bonds is 10. The van der Waals surface area contributed by atoms with Crippen molar-refractivity contribution in [2.45, 2.75) is 19.4 Å². The number of nitrogens with one attached hydrogen (secondary N) is 3. The van der Waals surface area contributed by atoms with Crippen molar-refractivity contribution in [3.63, 3.8) is 0 Å². The van der Waals surface area contributed by atoms with Gasteiger partial charge in [-0.05, 0) is 48.7 Å². The molecule has 38 heavy (non-hydrogen) atoms. The lowest BCUT2D eigenvalue weighted by Crippen LogP contribution is -2.26. The number of sulfonamides is 1. The Morgan fingerprint density at radius 1 is 1.03 bits per heavy atom. The zero-order chi connectivity index (χ0) is 27.3. The highest BCUT2D eigenvalue weighted by molar-refractivity contribution is 7.88. The standard InChI is InChI=1S/C28H30N4O5S/c1-3-37-28(34)20-11-14-22-24(17-20)32-27(33)25(22)26(19-7-5-4-6-8-19)31-21-12-9-18(10-13-21)23(29)15-16-30-38(2,35)36/h4-14,17,23,30-31H,3,15-16,29H2,1-2H3,(H,32,33)/b26-25-. The largest absolute Gasteiger partial charge is 0.462 e. The van der Waals surface area contributed by atoms with Crippen molar-refractivity contribution < 1.29 is 22.7 Å². The predicted octanol–water partition coefficient (Wildman–Crippen LogP) is 3.73. The van der Waals surface area contributed by atoms with Gasteiger partial charge in [-0.1, -0.05) is 48.5 Å². The van der Waals surface area contributed by atoms with Gasteiger partial charge in [-0.2, -0.15) is 0 Å². The van der Waals surface area contributed by atoms with E-state index >= 15 is 0 Å². The second kappa shape index (κ2) is 11.6. The van der Waals surface area contributed by atoms with Crippen LogP contribution in [-0.2, 0) is 19.6 Å². The topological polar surface area (TPSA) is 140 Å². The first-order valence-corrected chi connectivity index (χ1v) is 14.0. The summed E-state index contributed by atoms with van der Waals surface area (Å²) < 4.78 is 30.1. The predicted molar refractivity (Wildman–Crippen MR) is 149 cm³/mol. The molecule has 10 heteroatoms. The zero-order valence-electron chi connectivity index (χ0n) is 21.2. The third-order valence-corrected chi connectivity index (χ3v) is 6.74. The molecule has 0 saturated heterocycles. The first-order chi connectivity index (χ1) is 18.2. The maximum Gasteiger partial charge on any atom is 0.338 e. The quantitative estimate of drug-likeness (QED) is 0.230. The molecule has 5 N–H and O–H groups in total. The Hall–Kier alpha value is -3.99. The van der Waals surface area contributed by atoms with Crippen molar-refractivity contribution in [1.29, 1.82) is 0 Å². The van der Waals surface area contributed by atoms with Gasteiger partial charge in [0.1, 0.15) is 0 Å². The molecule has 1 aliphatic heterocycles. The summed E-state index contributed by atoms with van der Waals surface area (Å²) in [5, 5.41) is 6.26. The minimum absolute atomic E-state index is 0.247. The fourth-order valence-electron chi connectivity index (χ4n) is 4.17. The van der Waals surface area contributed by atoms with Crippen molar-refractivity contribution in [2.75, 3.05) is 30.0 Å². The third-order valence-electron chi connectivity index (χ3n) is 6.02. The van der Waals surface area contributed by atoms with Crippen LogP contribution in [0.1, 0.15) is 46.4 Å². The van der Waals surface area contributed by atoms with Gasteiger partial charge in [0.15, 0.2) is 0 Å². The zero-order valence-corrected chi connectivity index (χ0v) is 22.0. The lowest BCUT2D eigenvalue weighted by molar-refractivity contribution is -0.110. The second-order valence-corrected chi connectivity index (χ2v) is 10.7. The number of carbonyl (C=O) groups is 2. The van der Waals surface area contributed by atoms with Gasteiger partial charge in [-0.25, -0.2) is 17.9 Å². The smallest absolute Gasteiger partial charge is 0.338 e. The van der Waals surface area contributed by atoms with Crippen molar-refractivity contribution in [1.82, 2.24) is 4.72 Å². The van der Waals surface area contributed by atoms with Gasteiger partial charge < -0.3 is 21.1 Å². The molecule has 1 atom stereocenters. The summed E-state index contributed by atoms with van der Waals surface area (Å²) >= 11 is 0. The number of nitrogens with two attached hydrogens (primary N) is 1. The van der Waals surface area contributed by atoms with E-state index in [2.05, 4.69) is 15.4 Å². The van der Waals surface area contributed by atoms with E-state index in [0.29, 0.717) is 34.5 Å². The average molecular weight is 535 g/mol. The molecule has 3 aromatic carbocycles. The van der Waals surface area contributed by atoms with E-state index in [0.717, 1.165) is 23.1 Å². The second-order valence-electron chi connectivity index (χ2n) is 8.86. The Bertz CT molecular complexity index is 1470. The maximum atomic E-state index is 13.2. The highest BCUT2D eigenvalue weighted by Gasteiger charge is 2.29. The first-order valence-electron chi connectivity index (χ1n) is 12.2. The molecule has 0 saturated carbocycles. The van der Waals surface area contributed by atoms with Crippen LogP contribution in [0.3, 0.4) is 0 Å². The lowest BCUT2D eigenvalue weighted by Gasteiger charge is -2.16. The Morgan fingerprint density at radius 3 is 2.39 bits per heavy atom. The number of fused-ring (bicyclic) bond motifs is 1. The highest BCUT2D eigenvalue weighted by Crippen LogP contribution is 2.38. The minimum Gasteiger partial charge on any atom is -0.462 e. The van der Waals surface area contributed by atoms with Crippen LogP contribution in [0.25, 0.3) is 11.3 Å². The van der Waals surface area contributed by atoms with Gasteiger partial charge in [0, 0.05) is 23.8 Å². The Labute approximate surface area is 222 Å². The van der Waals surface area contributed by atoms with E-state index < -0.39 is 16.0 Å². The molecule has 1 amide bonds. The molecule has 3 aromatic rings. The Kier molecular flexibility index (Phi) is 8.26. The molecule has 1 unspecified atom stereocenters. The van der Waals surface area contributed by atoms with Crippen molar-refractivity contribution in [3.05, 3.63) is 95.1 Å². The van der Waals surface area contributed by atoms with Gasteiger partial charge in [0.25, 0.3) is 5.91 Å². The fraction of sp³-hybridized carbons (Fsp3) is 0.214. The molecular formula is C28H30N4O5S. The fourth-order valence-corrected chi connectivity index (χ4v) is 4.66. The van der Waals surface area contributed by atoms with E-state index in [1.54, 1.807) is 25.1 Å². The van der Waals surface area contributed by atoms with Crippen LogP contribution in [0.2, 0.25) is 0 Å². The summed E-state index contributed by atoms with van der Waals surface area (Å²) in [4.78, 5) is 25.4. The van der Waals surface area contributed by atoms with Gasteiger partial charge in [-0.15, -0.1) is 0 Å². The van der Waals surface area contributed by atoms with Crippen LogP contribution in [0.5, 0.6) is 0 Å². The van der Waals surface area contributed by atoms with Crippen LogP contribution in [0.15, 0.2) is 72.8 Å². The number of esters is 1. The summed E-state index contributed by atoms with van der Waals surface area (Å²) in [7, 11) is -3.27. The third kappa shape index (κ3) is 6.46. The molecule has 0 fully saturated rings. The van der Waals surface area contributed by atoms with E-state index in [-0.39, 0.29) is 25.1 Å². The average Bonchev–Trinajstić information content (AvgIpc) is 3.22. The Balaban J connectivity index is 1.64.